The first-order valence-electron chi connectivity index (χ1n) is 7.60. The highest BCUT2D eigenvalue weighted by molar-refractivity contribution is 5.92. The average Bonchev–Trinajstić information content (AvgIpc) is 2.59. The number of amides is 1. The quantitative estimate of drug-likeness (QED) is 0.807. The monoisotopic (exact) mass is 347 g/mol. The Hall–Kier alpha value is -2.89. The molecular formula is C19H19F2NO3. The lowest BCUT2D eigenvalue weighted by Gasteiger charge is -2.14. The molecule has 2 rings (SSSR count). The van der Waals surface area contributed by atoms with Crippen LogP contribution in [0.5, 0.6) is 11.5 Å². The molecule has 0 saturated carbocycles. The SMILES string of the molecule is COc1cccc(/C=C/C(=O)N[C@@H](C)c2ccc(F)cc2F)c1OC. The first kappa shape index (κ1) is 18.4. The number of carbonyl (C=O) groups excluding carboxylic acids is 1. The summed E-state index contributed by atoms with van der Waals surface area (Å²) in [7, 11) is 3.03. The normalized spacial score (nSPS) is 12.0. The van der Waals surface area contributed by atoms with Crippen molar-refractivity contribution in [1.82, 2.24) is 5.32 Å². The van der Waals surface area contributed by atoms with Crippen LogP contribution in [0.15, 0.2) is 42.5 Å². The molecule has 132 valence electrons. The van der Waals surface area contributed by atoms with Crippen LogP contribution in [0.25, 0.3) is 6.08 Å². The average molecular weight is 347 g/mol. The number of rotatable bonds is 6. The van der Waals surface area contributed by atoms with Crippen LogP contribution in [-0.4, -0.2) is 20.1 Å². The van der Waals surface area contributed by atoms with Crippen molar-refractivity contribution in [1.29, 1.82) is 0 Å². The molecule has 0 spiro atoms. The molecule has 2 aromatic rings. The number of para-hydroxylation sites is 1. The lowest BCUT2D eigenvalue weighted by atomic mass is 10.1. The van der Waals surface area contributed by atoms with E-state index in [1.54, 1.807) is 31.2 Å². The summed E-state index contributed by atoms with van der Waals surface area (Å²) in [5, 5.41) is 2.63. The van der Waals surface area contributed by atoms with Gasteiger partial charge in [-0.2, -0.15) is 0 Å². The Bertz CT molecular complexity index is 790. The van der Waals surface area contributed by atoms with Crippen molar-refractivity contribution in [2.24, 2.45) is 0 Å². The molecule has 2 aromatic carbocycles. The van der Waals surface area contributed by atoms with Gasteiger partial charge in [-0.25, -0.2) is 8.78 Å². The Balaban J connectivity index is 2.11. The summed E-state index contributed by atoms with van der Waals surface area (Å²) in [6.07, 6.45) is 2.89. The Morgan fingerprint density at radius 2 is 1.92 bits per heavy atom. The van der Waals surface area contributed by atoms with Crippen LogP contribution in [0.4, 0.5) is 8.78 Å². The fourth-order valence-electron chi connectivity index (χ4n) is 2.40. The van der Waals surface area contributed by atoms with Gasteiger partial charge < -0.3 is 14.8 Å². The molecule has 0 heterocycles. The van der Waals surface area contributed by atoms with Gasteiger partial charge in [0.15, 0.2) is 11.5 Å². The van der Waals surface area contributed by atoms with Gasteiger partial charge in [0.25, 0.3) is 0 Å². The molecule has 25 heavy (non-hydrogen) atoms. The van der Waals surface area contributed by atoms with Gasteiger partial charge in [0.1, 0.15) is 11.6 Å². The van der Waals surface area contributed by atoms with E-state index < -0.39 is 23.6 Å². The summed E-state index contributed by atoms with van der Waals surface area (Å²) < 4.78 is 37.2. The molecule has 1 atom stereocenters. The highest BCUT2D eigenvalue weighted by Crippen LogP contribution is 2.31. The van der Waals surface area contributed by atoms with Crippen molar-refractivity contribution >= 4 is 12.0 Å². The van der Waals surface area contributed by atoms with Gasteiger partial charge in [0.05, 0.1) is 20.3 Å². The van der Waals surface area contributed by atoms with Gasteiger partial charge in [-0.05, 0) is 25.1 Å². The van der Waals surface area contributed by atoms with Crippen molar-refractivity contribution in [2.45, 2.75) is 13.0 Å². The molecule has 4 nitrogen and oxygen atoms in total. The van der Waals surface area contributed by atoms with Crippen molar-refractivity contribution in [3.63, 3.8) is 0 Å². The van der Waals surface area contributed by atoms with E-state index in [-0.39, 0.29) is 5.56 Å². The molecule has 0 aliphatic rings. The summed E-state index contributed by atoms with van der Waals surface area (Å²) in [4.78, 5) is 12.1. The van der Waals surface area contributed by atoms with Crippen LogP contribution >= 0.6 is 0 Å². The van der Waals surface area contributed by atoms with Crippen molar-refractivity contribution in [2.75, 3.05) is 14.2 Å². The molecule has 0 saturated heterocycles. The van der Waals surface area contributed by atoms with E-state index in [1.807, 2.05) is 0 Å². The third-order valence-electron chi connectivity index (χ3n) is 3.64. The van der Waals surface area contributed by atoms with Crippen molar-refractivity contribution in [3.8, 4) is 11.5 Å². The summed E-state index contributed by atoms with van der Waals surface area (Å²) in [6, 6.07) is 7.93. The predicted octanol–water partition coefficient (Wildman–Crippen LogP) is 3.87. The Kier molecular flexibility index (Phi) is 6.11. The topological polar surface area (TPSA) is 47.6 Å². The minimum Gasteiger partial charge on any atom is -0.493 e. The van der Waals surface area contributed by atoms with Crippen molar-refractivity contribution < 1.29 is 23.0 Å². The number of nitrogens with one attached hydrogen (secondary N) is 1. The van der Waals surface area contributed by atoms with E-state index in [0.29, 0.717) is 17.1 Å². The standard InChI is InChI=1S/C19H19F2NO3/c1-12(15-9-8-14(20)11-16(15)21)22-18(23)10-7-13-5-4-6-17(24-2)19(13)25-3/h4-12H,1-3H3,(H,22,23)/b10-7+/t12-/m0/s1. The molecule has 0 bridgehead atoms. The summed E-state index contributed by atoms with van der Waals surface area (Å²) in [6.45, 7) is 1.62. The van der Waals surface area contributed by atoms with Crippen molar-refractivity contribution in [3.05, 3.63) is 65.2 Å². The number of methoxy groups -OCH3 is 2. The van der Waals surface area contributed by atoms with Crippen LogP contribution in [0.2, 0.25) is 0 Å². The second kappa shape index (κ2) is 8.28. The summed E-state index contributed by atoms with van der Waals surface area (Å²) >= 11 is 0. The molecule has 0 aromatic heterocycles. The summed E-state index contributed by atoms with van der Waals surface area (Å²) in [5.74, 6) is -0.726. The van der Waals surface area contributed by atoms with E-state index in [2.05, 4.69) is 5.32 Å². The van der Waals surface area contributed by atoms with Gasteiger partial charge >= 0.3 is 0 Å². The molecule has 0 aliphatic carbocycles. The number of hydrogen-bond acceptors (Lipinski definition) is 3. The van der Waals surface area contributed by atoms with Gasteiger partial charge in [-0.3, -0.25) is 4.79 Å². The number of carbonyl (C=O) groups is 1. The molecule has 0 fully saturated rings. The lowest BCUT2D eigenvalue weighted by Crippen LogP contribution is -2.25. The molecule has 0 aliphatic heterocycles. The highest BCUT2D eigenvalue weighted by Gasteiger charge is 2.13. The Morgan fingerprint density at radius 3 is 2.56 bits per heavy atom. The second-order valence-electron chi connectivity index (χ2n) is 5.31. The lowest BCUT2D eigenvalue weighted by molar-refractivity contribution is -0.117. The molecule has 0 unspecified atom stereocenters. The zero-order valence-corrected chi connectivity index (χ0v) is 14.2. The predicted molar refractivity (Wildman–Crippen MR) is 91.5 cm³/mol. The fourth-order valence-corrected chi connectivity index (χ4v) is 2.40. The third-order valence-corrected chi connectivity index (χ3v) is 3.64. The largest absolute Gasteiger partial charge is 0.493 e. The zero-order chi connectivity index (χ0) is 18.4. The second-order valence-corrected chi connectivity index (χ2v) is 5.31. The zero-order valence-electron chi connectivity index (χ0n) is 14.2. The number of ether oxygens (including phenoxy) is 2. The van der Waals surface area contributed by atoms with Crippen LogP contribution in [0.3, 0.4) is 0 Å². The third kappa shape index (κ3) is 4.56. The first-order chi connectivity index (χ1) is 12.0. The van der Waals surface area contributed by atoms with Crippen LogP contribution in [0.1, 0.15) is 24.1 Å². The maximum atomic E-state index is 13.7. The smallest absolute Gasteiger partial charge is 0.244 e. The van der Waals surface area contributed by atoms with Crippen LogP contribution in [-0.2, 0) is 4.79 Å². The van der Waals surface area contributed by atoms with Gasteiger partial charge in [-0.15, -0.1) is 0 Å². The van der Waals surface area contributed by atoms with Gasteiger partial charge in [0, 0.05) is 23.3 Å². The van der Waals surface area contributed by atoms with Crippen LogP contribution in [0, 0.1) is 11.6 Å². The minimum atomic E-state index is -0.703. The molecular weight excluding hydrogens is 328 g/mol. The number of hydrogen-bond donors (Lipinski definition) is 1. The van der Waals surface area contributed by atoms with Gasteiger partial charge in [0.2, 0.25) is 5.91 Å². The maximum absolute atomic E-state index is 13.7. The minimum absolute atomic E-state index is 0.210. The number of benzene rings is 2. The highest BCUT2D eigenvalue weighted by atomic mass is 19.1. The molecule has 6 heteroatoms. The maximum Gasteiger partial charge on any atom is 0.244 e. The Morgan fingerprint density at radius 1 is 1.16 bits per heavy atom. The fraction of sp³-hybridized carbons (Fsp3) is 0.211. The van der Waals surface area contributed by atoms with E-state index in [0.717, 1.165) is 12.1 Å². The van der Waals surface area contributed by atoms with E-state index in [4.69, 9.17) is 9.47 Å². The van der Waals surface area contributed by atoms with E-state index in [1.165, 1.54) is 26.4 Å². The summed E-state index contributed by atoms with van der Waals surface area (Å²) in [5.41, 5.74) is 0.875. The van der Waals surface area contributed by atoms with E-state index in [9.17, 15) is 13.6 Å². The first-order valence-corrected chi connectivity index (χ1v) is 7.60. The Labute approximate surface area is 145 Å². The molecule has 0 radical (unpaired) electrons. The molecule has 1 amide bonds. The van der Waals surface area contributed by atoms with Crippen LogP contribution < -0.4 is 14.8 Å². The number of halogens is 2. The van der Waals surface area contributed by atoms with Gasteiger partial charge in [-0.1, -0.05) is 18.2 Å². The molecule has 1 N–H and O–H groups in total. The van der Waals surface area contributed by atoms with E-state index >= 15 is 0 Å².